The van der Waals surface area contributed by atoms with Gasteiger partial charge < -0.3 is 15.6 Å². The highest BCUT2D eigenvalue weighted by atomic mass is 16.5. The summed E-state index contributed by atoms with van der Waals surface area (Å²) in [5, 5.41) is 16.9. The number of hydrogen-bond donors (Lipinski definition) is 5. The molecule has 0 saturated heterocycles. The summed E-state index contributed by atoms with van der Waals surface area (Å²) in [6.45, 7) is 2.74. The lowest BCUT2D eigenvalue weighted by Gasteiger charge is -2.14. The van der Waals surface area contributed by atoms with Crippen molar-refractivity contribution in [1.82, 2.24) is 15.8 Å². The Hall–Kier alpha value is -3.09. The largest absolute Gasteiger partial charge is 0.371 e. The van der Waals surface area contributed by atoms with E-state index in [1.54, 1.807) is 11.6 Å². The SMILES string of the molecule is O=C(/C=C/c1ccc(CNCCc2cccc3[nH]c4c(c23)CCCN4)cc1)NO. The van der Waals surface area contributed by atoms with Gasteiger partial charge in [0.05, 0.1) is 0 Å². The normalized spacial score (nSPS) is 13.4. The molecule has 1 aliphatic heterocycles. The minimum absolute atomic E-state index is 0.537. The molecule has 1 aromatic heterocycles. The van der Waals surface area contributed by atoms with Gasteiger partial charge in [0.1, 0.15) is 5.82 Å². The second-order valence-corrected chi connectivity index (χ2v) is 7.33. The van der Waals surface area contributed by atoms with Crippen LogP contribution in [0.2, 0.25) is 0 Å². The Morgan fingerprint density at radius 1 is 1.17 bits per heavy atom. The first-order valence-corrected chi connectivity index (χ1v) is 10.0. The van der Waals surface area contributed by atoms with Crippen molar-refractivity contribution in [3.63, 3.8) is 0 Å². The van der Waals surface area contributed by atoms with E-state index in [0.717, 1.165) is 38.0 Å². The highest BCUT2D eigenvalue weighted by Gasteiger charge is 2.16. The molecule has 0 unspecified atom stereocenters. The predicted molar refractivity (Wildman–Crippen MR) is 116 cm³/mol. The molecule has 150 valence electrons. The van der Waals surface area contributed by atoms with E-state index in [0.29, 0.717) is 0 Å². The summed E-state index contributed by atoms with van der Waals surface area (Å²) in [5.74, 6) is 0.655. The molecule has 6 nitrogen and oxygen atoms in total. The Bertz CT molecular complexity index is 1020. The summed E-state index contributed by atoms with van der Waals surface area (Å²) >= 11 is 0. The predicted octanol–water partition coefficient (Wildman–Crippen LogP) is 3.38. The monoisotopic (exact) mass is 390 g/mol. The van der Waals surface area contributed by atoms with Crippen molar-refractivity contribution in [2.75, 3.05) is 18.4 Å². The number of fused-ring (bicyclic) bond motifs is 3. The average molecular weight is 390 g/mol. The first kappa shape index (κ1) is 19.2. The molecule has 0 saturated carbocycles. The summed E-state index contributed by atoms with van der Waals surface area (Å²) in [4.78, 5) is 14.5. The lowest BCUT2D eigenvalue weighted by molar-refractivity contribution is -0.124. The van der Waals surface area contributed by atoms with Gasteiger partial charge in [0.25, 0.3) is 5.91 Å². The van der Waals surface area contributed by atoms with Gasteiger partial charge in [0.2, 0.25) is 0 Å². The molecule has 0 spiro atoms. The quantitative estimate of drug-likeness (QED) is 0.185. The van der Waals surface area contributed by atoms with E-state index in [-0.39, 0.29) is 0 Å². The zero-order valence-electron chi connectivity index (χ0n) is 16.3. The van der Waals surface area contributed by atoms with Crippen LogP contribution < -0.4 is 16.1 Å². The van der Waals surface area contributed by atoms with Crippen LogP contribution in [-0.2, 0) is 24.2 Å². The number of rotatable bonds is 7. The van der Waals surface area contributed by atoms with E-state index in [1.807, 2.05) is 24.3 Å². The van der Waals surface area contributed by atoms with Gasteiger partial charge >= 0.3 is 0 Å². The number of nitrogens with one attached hydrogen (secondary N) is 4. The number of H-pyrrole nitrogens is 1. The van der Waals surface area contributed by atoms with E-state index in [4.69, 9.17) is 5.21 Å². The highest BCUT2D eigenvalue weighted by Crippen LogP contribution is 2.32. The number of hydroxylamine groups is 1. The lowest BCUT2D eigenvalue weighted by Crippen LogP contribution is -2.17. The van der Waals surface area contributed by atoms with Crippen LogP contribution >= 0.6 is 0 Å². The molecule has 4 rings (SSSR count). The molecular formula is C23H26N4O2. The second kappa shape index (κ2) is 8.94. The number of aromatic nitrogens is 1. The number of anilines is 1. The third kappa shape index (κ3) is 4.50. The van der Waals surface area contributed by atoms with Crippen LogP contribution in [-0.4, -0.2) is 29.2 Å². The Kier molecular flexibility index (Phi) is 5.93. The van der Waals surface area contributed by atoms with Gasteiger partial charge in [-0.25, -0.2) is 5.48 Å². The molecule has 5 N–H and O–H groups in total. The molecule has 3 aromatic rings. The fourth-order valence-electron chi connectivity index (χ4n) is 3.90. The number of carbonyl (C=O) groups excluding carboxylic acids is 1. The molecule has 0 aliphatic carbocycles. The van der Waals surface area contributed by atoms with Crippen LogP contribution in [0.1, 0.15) is 28.7 Å². The van der Waals surface area contributed by atoms with Crippen LogP contribution in [0.25, 0.3) is 17.0 Å². The minimum atomic E-state index is -0.537. The lowest BCUT2D eigenvalue weighted by atomic mass is 9.99. The van der Waals surface area contributed by atoms with Crippen LogP contribution in [0, 0.1) is 0 Å². The van der Waals surface area contributed by atoms with Gasteiger partial charge in [0.15, 0.2) is 0 Å². The number of benzene rings is 2. The van der Waals surface area contributed by atoms with Crippen LogP contribution in [0.3, 0.4) is 0 Å². The summed E-state index contributed by atoms with van der Waals surface area (Å²) in [7, 11) is 0. The molecule has 0 fully saturated rings. The number of aryl methyl sites for hydroxylation is 1. The van der Waals surface area contributed by atoms with Gasteiger partial charge in [-0.3, -0.25) is 10.0 Å². The van der Waals surface area contributed by atoms with Gasteiger partial charge in [-0.2, -0.15) is 0 Å². The molecular weight excluding hydrogens is 364 g/mol. The van der Waals surface area contributed by atoms with Crippen molar-refractivity contribution in [1.29, 1.82) is 0 Å². The van der Waals surface area contributed by atoms with Crippen molar-refractivity contribution in [2.24, 2.45) is 0 Å². The minimum Gasteiger partial charge on any atom is -0.371 e. The number of carbonyl (C=O) groups is 1. The highest BCUT2D eigenvalue weighted by molar-refractivity contribution is 5.92. The maximum atomic E-state index is 11.0. The third-order valence-electron chi connectivity index (χ3n) is 5.34. The second-order valence-electron chi connectivity index (χ2n) is 7.33. The number of amides is 1. The molecule has 0 atom stereocenters. The Balaban J connectivity index is 1.34. The number of hydrogen-bond acceptors (Lipinski definition) is 4. The van der Waals surface area contributed by atoms with Gasteiger partial charge in [-0.05, 0) is 54.6 Å². The number of aromatic amines is 1. The van der Waals surface area contributed by atoms with E-state index >= 15 is 0 Å². The van der Waals surface area contributed by atoms with Crippen molar-refractivity contribution in [3.05, 3.63) is 70.8 Å². The smallest absolute Gasteiger partial charge is 0.267 e. The molecule has 0 radical (unpaired) electrons. The zero-order chi connectivity index (χ0) is 20.1. The molecule has 1 aliphatic rings. The van der Waals surface area contributed by atoms with Crippen LogP contribution in [0.15, 0.2) is 48.5 Å². The fraction of sp³-hybridized carbons (Fsp3) is 0.261. The van der Waals surface area contributed by atoms with Crippen molar-refractivity contribution in [2.45, 2.75) is 25.8 Å². The van der Waals surface area contributed by atoms with Gasteiger partial charge in [0, 0.05) is 35.6 Å². The summed E-state index contributed by atoms with van der Waals surface area (Å²) in [5.41, 5.74) is 7.72. The van der Waals surface area contributed by atoms with Crippen LogP contribution in [0.4, 0.5) is 5.82 Å². The molecule has 2 heterocycles. The summed E-state index contributed by atoms with van der Waals surface area (Å²) < 4.78 is 0. The first-order valence-electron chi connectivity index (χ1n) is 10.0. The van der Waals surface area contributed by atoms with Crippen LogP contribution in [0.5, 0.6) is 0 Å². The van der Waals surface area contributed by atoms with E-state index < -0.39 is 5.91 Å². The average Bonchev–Trinajstić information content (AvgIpc) is 3.15. The fourth-order valence-corrected chi connectivity index (χ4v) is 3.90. The molecule has 2 aromatic carbocycles. The molecule has 1 amide bonds. The maximum Gasteiger partial charge on any atom is 0.267 e. The standard InChI is InChI=1S/C23H26N4O2/c28-21(27-29)11-10-16-6-8-17(9-7-16)15-24-14-12-18-3-1-5-20-22(18)19-4-2-13-25-23(19)26-20/h1,3,5-11,24-26,29H,2,4,12-15H2,(H,27,28)/b11-10+. The Morgan fingerprint density at radius 3 is 2.86 bits per heavy atom. The maximum absolute atomic E-state index is 11.0. The summed E-state index contributed by atoms with van der Waals surface area (Å²) in [6.07, 6.45) is 6.26. The van der Waals surface area contributed by atoms with Crippen molar-refractivity contribution >= 4 is 28.7 Å². The molecule has 0 bridgehead atoms. The molecule has 6 heteroatoms. The molecule has 29 heavy (non-hydrogen) atoms. The third-order valence-corrected chi connectivity index (χ3v) is 5.34. The van der Waals surface area contributed by atoms with E-state index in [2.05, 4.69) is 33.8 Å². The Morgan fingerprint density at radius 2 is 2.03 bits per heavy atom. The van der Waals surface area contributed by atoms with Crippen molar-refractivity contribution in [3.8, 4) is 0 Å². The van der Waals surface area contributed by atoms with Crippen molar-refractivity contribution < 1.29 is 10.0 Å². The Labute approximate surface area is 170 Å². The van der Waals surface area contributed by atoms with Gasteiger partial charge in [-0.15, -0.1) is 0 Å². The topological polar surface area (TPSA) is 89.2 Å². The summed E-state index contributed by atoms with van der Waals surface area (Å²) in [6, 6.07) is 14.5. The first-order chi connectivity index (χ1) is 14.2. The zero-order valence-corrected chi connectivity index (χ0v) is 16.3. The van der Waals surface area contributed by atoms with E-state index in [9.17, 15) is 4.79 Å². The van der Waals surface area contributed by atoms with E-state index in [1.165, 1.54) is 45.9 Å². The van der Waals surface area contributed by atoms with Gasteiger partial charge in [-0.1, -0.05) is 36.4 Å².